The van der Waals surface area contributed by atoms with Crippen molar-refractivity contribution in [2.45, 2.75) is 31.2 Å². The van der Waals surface area contributed by atoms with Gasteiger partial charge in [-0.2, -0.15) is 4.31 Å². The summed E-state index contributed by atoms with van der Waals surface area (Å²) in [6.45, 7) is 3.50. The van der Waals surface area contributed by atoms with Crippen molar-refractivity contribution in [1.29, 1.82) is 0 Å². The molecule has 2 aromatic rings. The number of aromatic nitrogens is 4. The highest BCUT2D eigenvalue weighted by molar-refractivity contribution is 7.89. The smallest absolute Gasteiger partial charge is 0.267 e. The minimum Gasteiger partial charge on any atom is -0.339 e. The van der Waals surface area contributed by atoms with Gasteiger partial charge in [-0.25, -0.2) is 13.4 Å². The molecule has 0 atom stereocenters. The molecule has 11 heteroatoms. The van der Waals surface area contributed by atoms with E-state index < -0.39 is 10.0 Å². The van der Waals surface area contributed by atoms with Crippen LogP contribution in [0.15, 0.2) is 17.6 Å². The van der Waals surface area contributed by atoms with Crippen LogP contribution in [-0.4, -0.2) is 68.8 Å². The van der Waals surface area contributed by atoms with Crippen LogP contribution in [0.2, 0.25) is 0 Å². The molecule has 2 aromatic heterocycles. The number of rotatable bonds is 5. The van der Waals surface area contributed by atoms with Gasteiger partial charge in [0.1, 0.15) is 4.88 Å². The third-order valence-electron chi connectivity index (χ3n) is 4.26. The van der Waals surface area contributed by atoms with Crippen LogP contribution < -0.4 is 0 Å². The van der Waals surface area contributed by atoms with Gasteiger partial charge in [0.05, 0.1) is 12.0 Å². The summed E-state index contributed by atoms with van der Waals surface area (Å²) < 4.78 is 32.4. The molecule has 9 nitrogen and oxygen atoms in total. The zero-order valence-corrected chi connectivity index (χ0v) is 16.5. The monoisotopic (exact) mass is 398 g/mol. The topological polar surface area (TPSA) is 101 Å². The number of nitrogens with zero attached hydrogens (tertiary/aromatic N) is 6. The SMILES string of the molecule is CCCc1nnsc1C(=O)N1CCCN(S(=O)(=O)c2cn(C)cn2)CC1. The van der Waals surface area contributed by atoms with E-state index in [2.05, 4.69) is 14.6 Å². The highest BCUT2D eigenvalue weighted by Crippen LogP contribution is 2.19. The third kappa shape index (κ3) is 3.79. The fraction of sp³-hybridized carbons (Fsp3) is 0.600. The van der Waals surface area contributed by atoms with Crippen LogP contribution >= 0.6 is 11.5 Å². The van der Waals surface area contributed by atoms with E-state index in [4.69, 9.17) is 0 Å². The lowest BCUT2D eigenvalue weighted by molar-refractivity contribution is 0.0767. The second-order valence-electron chi connectivity index (χ2n) is 6.23. The van der Waals surface area contributed by atoms with E-state index in [-0.39, 0.29) is 17.5 Å². The highest BCUT2D eigenvalue weighted by atomic mass is 32.2. The first-order valence-corrected chi connectivity index (χ1v) is 10.7. The van der Waals surface area contributed by atoms with E-state index in [0.29, 0.717) is 37.4 Å². The summed E-state index contributed by atoms with van der Waals surface area (Å²) in [6, 6.07) is 0. The first kappa shape index (κ1) is 18.9. The maximum atomic E-state index is 12.8. The van der Waals surface area contributed by atoms with Crippen LogP contribution in [-0.2, 0) is 23.5 Å². The lowest BCUT2D eigenvalue weighted by Crippen LogP contribution is -2.37. The second kappa shape index (κ2) is 7.80. The van der Waals surface area contributed by atoms with Crippen LogP contribution in [0.4, 0.5) is 0 Å². The van der Waals surface area contributed by atoms with Gasteiger partial charge >= 0.3 is 0 Å². The van der Waals surface area contributed by atoms with Gasteiger partial charge in [-0.3, -0.25) is 4.79 Å². The summed E-state index contributed by atoms with van der Waals surface area (Å²) >= 11 is 1.11. The Bertz CT molecular complexity index is 876. The summed E-state index contributed by atoms with van der Waals surface area (Å²) in [6.07, 6.45) is 5.14. The fourth-order valence-corrected chi connectivity index (χ4v) is 5.02. The van der Waals surface area contributed by atoms with E-state index in [0.717, 1.165) is 23.6 Å². The molecule has 142 valence electrons. The minimum absolute atomic E-state index is 0.0386. The minimum atomic E-state index is -3.64. The molecule has 3 heterocycles. The summed E-state index contributed by atoms with van der Waals surface area (Å²) in [7, 11) is -1.91. The van der Waals surface area contributed by atoms with Gasteiger partial charge in [0.25, 0.3) is 15.9 Å². The van der Waals surface area contributed by atoms with Crippen molar-refractivity contribution >= 4 is 27.5 Å². The molecular formula is C15H22N6O3S2. The van der Waals surface area contributed by atoms with Crippen LogP contribution in [0, 0.1) is 0 Å². The molecule has 3 rings (SSSR count). The van der Waals surface area contributed by atoms with Crippen LogP contribution in [0.25, 0.3) is 0 Å². The molecule has 1 fully saturated rings. The molecular weight excluding hydrogens is 376 g/mol. The Labute approximate surface area is 156 Å². The van der Waals surface area contributed by atoms with Crippen molar-refractivity contribution in [1.82, 2.24) is 28.3 Å². The second-order valence-corrected chi connectivity index (χ2v) is 8.86. The van der Waals surface area contributed by atoms with Crippen molar-refractivity contribution in [3.8, 4) is 0 Å². The highest BCUT2D eigenvalue weighted by Gasteiger charge is 2.31. The molecule has 0 aliphatic carbocycles. The zero-order chi connectivity index (χ0) is 18.7. The molecule has 0 saturated carbocycles. The molecule has 0 N–H and O–H groups in total. The van der Waals surface area contributed by atoms with Gasteiger partial charge in [-0.05, 0) is 24.4 Å². The molecule has 0 bridgehead atoms. The Hall–Kier alpha value is -1.85. The number of carbonyl (C=O) groups is 1. The molecule has 1 saturated heterocycles. The van der Waals surface area contributed by atoms with Crippen molar-refractivity contribution in [3.63, 3.8) is 0 Å². The number of amides is 1. The van der Waals surface area contributed by atoms with Crippen LogP contribution in [0.1, 0.15) is 35.1 Å². The molecule has 1 aliphatic heterocycles. The quantitative estimate of drug-likeness (QED) is 0.737. The molecule has 0 radical (unpaired) electrons. The van der Waals surface area contributed by atoms with Crippen molar-refractivity contribution in [2.75, 3.05) is 26.2 Å². The average molecular weight is 399 g/mol. The maximum absolute atomic E-state index is 12.8. The van der Waals surface area contributed by atoms with E-state index in [9.17, 15) is 13.2 Å². The van der Waals surface area contributed by atoms with Crippen LogP contribution in [0.3, 0.4) is 0 Å². The molecule has 1 amide bonds. The number of carbonyl (C=O) groups excluding carboxylic acids is 1. The number of imidazole rings is 1. The normalized spacial score (nSPS) is 16.6. The van der Waals surface area contributed by atoms with E-state index in [1.807, 2.05) is 6.92 Å². The number of sulfonamides is 1. The van der Waals surface area contributed by atoms with Gasteiger partial charge in [-0.15, -0.1) is 5.10 Å². The average Bonchev–Trinajstić information content (AvgIpc) is 3.17. The van der Waals surface area contributed by atoms with Crippen molar-refractivity contribution < 1.29 is 13.2 Å². The van der Waals surface area contributed by atoms with Gasteiger partial charge in [0.15, 0.2) is 5.03 Å². The molecule has 1 aliphatic rings. The lowest BCUT2D eigenvalue weighted by Gasteiger charge is -2.21. The predicted molar refractivity (Wildman–Crippen MR) is 96.4 cm³/mol. The Morgan fingerprint density at radius 2 is 2.08 bits per heavy atom. The lowest BCUT2D eigenvalue weighted by atomic mass is 10.2. The predicted octanol–water partition coefficient (Wildman–Crippen LogP) is 0.761. The summed E-state index contributed by atoms with van der Waals surface area (Å²) in [5.41, 5.74) is 0.727. The first-order valence-electron chi connectivity index (χ1n) is 8.52. The zero-order valence-electron chi connectivity index (χ0n) is 14.8. The third-order valence-corrected chi connectivity index (χ3v) is 6.80. The van der Waals surface area contributed by atoms with E-state index in [1.54, 1.807) is 16.5 Å². The first-order chi connectivity index (χ1) is 12.4. The number of hydrogen-bond acceptors (Lipinski definition) is 7. The molecule has 0 spiro atoms. The Balaban J connectivity index is 1.72. The fourth-order valence-electron chi connectivity index (χ4n) is 2.91. The Kier molecular flexibility index (Phi) is 5.68. The van der Waals surface area contributed by atoms with E-state index in [1.165, 1.54) is 16.8 Å². The largest absolute Gasteiger partial charge is 0.339 e. The van der Waals surface area contributed by atoms with Gasteiger partial charge < -0.3 is 9.47 Å². The van der Waals surface area contributed by atoms with Gasteiger partial charge in [-0.1, -0.05) is 17.8 Å². The van der Waals surface area contributed by atoms with E-state index >= 15 is 0 Å². The molecule has 0 unspecified atom stereocenters. The maximum Gasteiger partial charge on any atom is 0.267 e. The van der Waals surface area contributed by atoms with Gasteiger partial charge in [0.2, 0.25) is 0 Å². The Morgan fingerprint density at radius 3 is 2.77 bits per heavy atom. The number of hydrogen-bond donors (Lipinski definition) is 0. The van der Waals surface area contributed by atoms with Crippen molar-refractivity contribution in [3.05, 3.63) is 23.1 Å². The van der Waals surface area contributed by atoms with Gasteiger partial charge in [0, 0.05) is 39.4 Å². The Morgan fingerprint density at radius 1 is 1.27 bits per heavy atom. The summed E-state index contributed by atoms with van der Waals surface area (Å²) in [4.78, 5) is 19.0. The standard InChI is InChI=1S/C15H22N6O3S2/c1-3-5-12-14(25-18-17-12)15(22)20-6-4-7-21(9-8-20)26(23,24)13-10-19(2)11-16-13/h10-11H,3-9H2,1-2H3. The van der Waals surface area contributed by atoms with Crippen LogP contribution in [0.5, 0.6) is 0 Å². The molecule has 26 heavy (non-hydrogen) atoms. The summed E-state index contributed by atoms with van der Waals surface area (Å²) in [5.74, 6) is -0.111. The summed E-state index contributed by atoms with van der Waals surface area (Å²) in [5, 5.41) is 4.08. The number of aryl methyl sites for hydroxylation is 2. The van der Waals surface area contributed by atoms with Crippen molar-refractivity contribution in [2.24, 2.45) is 7.05 Å². The molecule has 0 aromatic carbocycles.